The van der Waals surface area contributed by atoms with E-state index in [4.69, 9.17) is 16.3 Å². The van der Waals surface area contributed by atoms with Gasteiger partial charge in [0.2, 0.25) is 5.91 Å². The largest absolute Gasteiger partial charge is 0.464 e. The predicted octanol–water partition coefficient (Wildman–Crippen LogP) is 5.20. The number of rotatable bonds is 6. The number of esters is 1. The Hall–Kier alpha value is -2.24. The van der Waals surface area contributed by atoms with E-state index in [9.17, 15) is 9.59 Å². The van der Waals surface area contributed by atoms with Crippen LogP contribution >= 0.6 is 23.4 Å². The van der Waals surface area contributed by atoms with Gasteiger partial charge in [-0.05, 0) is 23.6 Å². The molecule has 1 saturated heterocycles. The molecule has 2 unspecified atom stereocenters. The molecule has 3 rings (SSSR count). The van der Waals surface area contributed by atoms with Crippen molar-refractivity contribution in [3.8, 4) is 0 Å². The SMILES string of the molecule is CC(C)COC(=O)C1CSC(c2ccccc2Cl)N1C(=O)C=Cc1ccccc1. The number of halogens is 1. The van der Waals surface area contributed by atoms with Crippen molar-refractivity contribution in [1.82, 2.24) is 4.90 Å². The van der Waals surface area contributed by atoms with Gasteiger partial charge in [0, 0.05) is 22.4 Å². The van der Waals surface area contributed by atoms with Crippen molar-refractivity contribution in [3.05, 3.63) is 76.8 Å². The number of nitrogens with zero attached hydrogens (tertiary/aromatic N) is 1. The van der Waals surface area contributed by atoms with E-state index in [0.717, 1.165) is 11.1 Å². The van der Waals surface area contributed by atoms with Gasteiger partial charge in [-0.25, -0.2) is 4.79 Å². The van der Waals surface area contributed by atoms with Gasteiger partial charge >= 0.3 is 5.97 Å². The molecule has 1 amide bonds. The monoisotopic (exact) mass is 429 g/mol. The molecule has 0 saturated carbocycles. The van der Waals surface area contributed by atoms with Gasteiger partial charge in [0.1, 0.15) is 11.4 Å². The summed E-state index contributed by atoms with van der Waals surface area (Å²) >= 11 is 7.92. The first kappa shape index (κ1) is 21.5. The lowest BCUT2D eigenvalue weighted by atomic mass is 10.1. The van der Waals surface area contributed by atoms with Crippen molar-refractivity contribution in [2.45, 2.75) is 25.3 Å². The van der Waals surface area contributed by atoms with Crippen LogP contribution in [0.25, 0.3) is 6.08 Å². The standard InChI is InChI=1S/C23H24ClNO3S/c1-16(2)14-28-23(27)20-15-29-22(18-10-6-7-11-19(18)24)25(20)21(26)13-12-17-8-4-3-5-9-17/h3-13,16,20,22H,14-15H2,1-2H3. The normalized spacial score (nSPS) is 19.1. The minimum atomic E-state index is -0.645. The molecule has 0 N–H and O–H groups in total. The molecule has 152 valence electrons. The molecule has 0 aliphatic carbocycles. The quantitative estimate of drug-likeness (QED) is 0.468. The molecule has 2 aromatic rings. The van der Waals surface area contributed by atoms with Gasteiger partial charge in [0.25, 0.3) is 0 Å². The highest BCUT2D eigenvalue weighted by Crippen LogP contribution is 2.44. The molecule has 1 fully saturated rings. The molecule has 0 spiro atoms. The highest BCUT2D eigenvalue weighted by Gasteiger charge is 2.43. The molecular formula is C23H24ClNO3S. The summed E-state index contributed by atoms with van der Waals surface area (Å²) in [6.45, 7) is 4.29. The van der Waals surface area contributed by atoms with Crippen LogP contribution in [0.1, 0.15) is 30.3 Å². The average molecular weight is 430 g/mol. The van der Waals surface area contributed by atoms with Crippen molar-refractivity contribution in [1.29, 1.82) is 0 Å². The van der Waals surface area contributed by atoms with Crippen LogP contribution in [0.15, 0.2) is 60.7 Å². The Kier molecular flexibility index (Phi) is 7.40. The van der Waals surface area contributed by atoms with Gasteiger partial charge in [0.15, 0.2) is 0 Å². The molecule has 4 nitrogen and oxygen atoms in total. The fourth-order valence-electron chi connectivity index (χ4n) is 3.03. The minimum Gasteiger partial charge on any atom is -0.464 e. The first-order chi connectivity index (χ1) is 14.0. The van der Waals surface area contributed by atoms with Crippen LogP contribution in [0.3, 0.4) is 0 Å². The molecule has 1 aliphatic heterocycles. The predicted molar refractivity (Wildman–Crippen MR) is 119 cm³/mol. The molecule has 0 bridgehead atoms. The maximum Gasteiger partial charge on any atom is 0.329 e. The molecule has 1 aliphatic rings. The van der Waals surface area contributed by atoms with Gasteiger partial charge in [-0.15, -0.1) is 11.8 Å². The Balaban J connectivity index is 1.87. The second kappa shape index (κ2) is 9.99. The van der Waals surface area contributed by atoms with Crippen molar-refractivity contribution < 1.29 is 14.3 Å². The Morgan fingerprint density at radius 2 is 1.86 bits per heavy atom. The van der Waals surface area contributed by atoms with E-state index in [1.807, 2.05) is 62.4 Å². The Labute approximate surface area is 180 Å². The highest BCUT2D eigenvalue weighted by molar-refractivity contribution is 7.99. The van der Waals surface area contributed by atoms with Crippen LogP contribution in [0, 0.1) is 5.92 Å². The number of carbonyl (C=O) groups is 2. The van der Waals surface area contributed by atoms with E-state index in [1.54, 1.807) is 17.0 Å². The topological polar surface area (TPSA) is 46.6 Å². The number of benzene rings is 2. The second-order valence-electron chi connectivity index (χ2n) is 7.24. The fraction of sp³-hybridized carbons (Fsp3) is 0.304. The smallest absolute Gasteiger partial charge is 0.329 e. The third kappa shape index (κ3) is 5.43. The van der Waals surface area contributed by atoms with Crippen molar-refractivity contribution in [2.75, 3.05) is 12.4 Å². The molecule has 2 aromatic carbocycles. The number of hydrogen-bond donors (Lipinski definition) is 0. The van der Waals surface area contributed by atoms with Crippen molar-refractivity contribution >= 4 is 41.3 Å². The first-order valence-corrected chi connectivity index (χ1v) is 11.0. The van der Waals surface area contributed by atoms with Crippen molar-refractivity contribution in [3.63, 3.8) is 0 Å². The Morgan fingerprint density at radius 1 is 1.17 bits per heavy atom. The van der Waals surface area contributed by atoms with Gasteiger partial charge in [-0.2, -0.15) is 0 Å². The van der Waals surface area contributed by atoms with Crippen LogP contribution in [0.2, 0.25) is 5.02 Å². The third-order valence-electron chi connectivity index (χ3n) is 4.48. The zero-order valence-electron chi connectivity index (χ0n) is 16.5. The maximum atomic E-state index is 13.1. The summed E-state index contributed by atoms with van der Waals surface area (Å²) in [5, 5.41) is 0.235. The Bertz CT molecular complexity index is 885. The number of carbonyl (C=O) groups excluding carboxylic acids is 2. The van der Waals surface area contributed by atoms with E-state index < -0.39 is 6.04 Å². The minimum absolute atomic E-state index is 0.231. The lowest BCUT2D eigenvalue weighted by molar-refractivity contribution is -0.153. The highest BCUT2D eigenvalue weighted by atomic mass is 35.5. The molecule has 2 atom stereocenters. The summed E-state index contributed by atoms with van der Waals surface area (Å²) in [4.78, 5) is 27.4. The summed E-state index contributed by atoms with van der Waals surface area (Å²) in [6, 6.07) is 16.4. The van der Waals surface area contributed by atoms with Crippen LogP contribution in [0.5, 0.6) is 0 Å². The lowest BCUT2D eigenvalue weighted by Gasteiger charge is -2.28. The summed E-state index contributed by atoms with van der Waals surface area (Å²) in [6.07, 6.45) is 3.26. The summed E-state index contributed by atoms with van der Waals surface area (Å²) in [5.41, 5.74) is 1.74. The van der Waals surface area contributed by atoms with Gasteiger partial charge in [-0.1, -0.05) is 74.0 Å². The molecule has 0 aromatic heterocycles. The first-order valence-electron chi connectivity index (χ1n) is 9.55. The van der Waals surface area contributed by atoms with Crippen LogP contribution in [-0.2, 0) is 14.3 Å². The summed E-state index contributed by atoms with van der Waals surface area (Å²) in [7, 11) is 0. The zero-order chi connectivity index (χ0) is 20.8. The molecule has 6 heteroatoms. The molecular weight excluding hydrogens is 406 g/mol. The average Bonchev–Trinajstić information content (AvgIpc) is 3.16. The van der Waals surface area contributed by atoms with E-state index in [2.05, 4.69) is 0 Å². The molecule has 29 heavy (non-hydrogen) atoms. The molecule has 0 radical (unpaired) electrons. The lowest BCUT2D eigenvalue weighted by Crippen LogP contribution is -2.43. The van der Waals surface area contributed by atoms with Crippen LogP contribution < -0.4 is 0 Å². The fourth-order valence-corrected chi connectivity index (χ4v) is 4.80. The number of thioether (sulfide) groups is 1. The van der Waals surface area contributed by atoms with Gasteiger partial charge in [0.05, 0.1) is 6.61 Å². The summed E-state index contributed by atoms with van der Waals surface area (Å²) in [5.74, 6) is 0.0876. The number of amides is 1. The number of ether oxygens (including phenoxy) is 1. The van der Waals surface area contributed by atoms with Crippen LogP contribution in [-0.4, -0.2) is 35.2 Å². The van der Waals surface area contributed by atoms with E-state index >= 15 is 0 Å². The second-order valence-corrected chi connectivity index (χ2v) is 8.76. The Morgan fingerprint density at radius 3 is 2.55 bits per heavy atom. The van der Waals surface area contributed by atoms with Crippen LogP contribution in [0.4, 0.5) is 0 Å². The van der Waals surface area contributed by atoms with Crippen molar-refractivity contribution in [2.24, 2.45) is 5.92 Å². The van der Waals surface area contributed by atoms with E-state index in [0.29, 0.717) is 17.4 Å². The zero-order valence-corrected chi connectivity index (χ0v) is 18.0. The van der Waals surface area contributed by atoms with E-state index in [-0.39, 0.29) is 23.2 Å². The van der Waals surface area contributed by atoms with E-state index in [1.165, 1.54) is 17.8 Å². The summed E-state index contributed by atoms with van der Waals surface area (Å²) < 4.78 is 5.44. The van der Waals surface area contributed by atoms with Gasteiger partial charge in [-0.3, -0.25) is 4.79 Å². The maximum absolute atomic E-state index is 13.1. The van der Waals surface area contributed by atoms with Gasteiger partial charge < -0.3 is 9.64 Å². The third-order valence-corrected chi connectivity index (χ3v) is 6.12. The molecule has 1 heterocycles. The number of hydrogen-bond acceptors (Lipinski definition) is 4.